The van der Waals surface area contributed by atoms with Gasteiger partial charge in [0, 0.05) is 44.7 Å². The van der Waals surface area contributed by atoms with Crippen molar-refractivity contribution in [3.05, 3.63) is 70.7 Å². The van der Waals surface area contributed by atoms with E-state index in [9.17, 15) is 9.59 Å². The Balaban J connectivity index is 1.54. The van der Waals surface area contributed by atoms with Crippen LogP contribution in [0.5, 0.6) is 0 Å². The summed E-state index contributed by atoms with van der Waals surface area (Å²) in [4.78, 5) is 28.6. The van der Waals surface area contributed by atoms with Crippen molar-refractivity contribution in [3.63, 3.8) is 0 Å². The number of carbonyl (C=O) groups is 2. The summed E-state index contributed by atoms with van der Waals surface area (Å²) in [5.41, 5.74) is 2.13. The highest BCUT2D eigenvalue weighted by molar-refractivity contribution is 6.30. The minimum absolute atomic E-state index is 0.0741. The van der Waals surface area contributed by atoms with Gasteiger partial charge in [0.25, 0.3) is 0 Å². The Hall–Kier alpha value is -2.37. The van der Waals surface area contributed by atoms with Gasteiger partial charge in [-0.05, 0) is 23.3 Å². The molecule has 5 nitrogen and oxygen atoms in total. The monoisotopic (exact) mass is 399 g/mol. The van der Waals surface area contributed by atoms with Crippen LogP contribution in [0, 0.1) is 0 Å². The molecule has 1 atom stereocenters. The fourth-order valence-electron chi connectivity index (χ4n) is 3.54. The number of piperazine rings is 1. The molecule has 0 unspecified atom stereocenters. The Bertz CT molecular complexity index is 804. The van der Waals surface area contributed by atoms with Gasteiger partial charge in [-0.3, -0.25) is 14.5 Å². The Labute approximate surface area is 171 Å². The van der Waals surface area contributed by atoms with Gasteiger partial charge < -0.3 is 10.2 Å². The molecular formula is C22H26ClN3O2. The van der Waals surface area contributed by atoms with Gasteiger partial charge in [0.1, 0.15) is 0 Å². The molecule has 1 saturated heterocycles. The minimum Gasteiger partial charge on any atom is -0.349 e. The third-order valence-corrected chi connectivity index (χ3v) is 5.21. The maximum Gasteiger partial charge on any atom is 0.225 e. The quantitative estimate of drug-likeness (QED) is 0.811. The van der Waals surface area contributed by atoms with Crippen molar-refractivity contribution in [2.45, 2.75) is 25.9 Å². The molecule has 0 bridgehead atoms. The number of halogens is 1. The summed E-state index contributed by atoms with van der Waals surface area (Å²) < 4.78 is 0. The van der Waals surface area contributed by atoms with Crippen LogP contribution in [0.2, 0.25) is 5.02 Å². The maximum atomic E-state index is 12.8. The average Bonchev–Trinajstić information content (AvgIpc) is 2.68. The summed E-state index contributed by atoms with van der Waals surface area (Å²) in [5, 5.41) is 3.65. The summed E-state index contributed by atoms with van der Waals surface area (Å²) in [6, 6.07) is 17.2. The number of nitrogens with one attached hydrogen (secondary N) is 1. The molecule has 28 heavy (non-hydrogen) atoms. The van der Waals surface area contributed by atoms with Crippen LogP contribution in [0.4, 0.5) is 0 Å². The molecule has 2 aromatic rings. The third kappa shape index (κ3) is 5.81. The van der Waals surface area contributed by atoms with Gasteiger partial charge in [-0.25, -0.2) is 0 Å². The number of benzene rings is 2. The van der Waals surface area contributed by atoms with Gasteiger partial charge >= 0.3 is 0 Å². The number of hydrogen-bond donors (Lipinski definition) is 1. The number of carbonyl (C=O) groups excluding carboxylic acids is 2. The Morgan fingerprint density at radius 1 is 1.04 bits per heavy atom. The molecule has 1 aliphatic heterocycles. The molecule has 2 aromatic carbocycles. The van der Waals surface area contributed by atoms with Crippen LogP contribution in [0.1, 0.15) is 30.5 Å². The first-order valence-corrected chi connectivity index (χ1v) is 9.95. The van der Waals surface area contributed by atoms with E-state index in [0.29, 0.717) is 13.1 Å². The molecule has 0 aliphatic carbocycles. The van der Waals surface area contributed by atoms with E-state index in [1.54, 1.807) is 0 Å². The molecule has 3 rings (SSSR count). The van der Waals surface area contributed by atoms with Crippen molar-refractivity contribution >= 4 is 23.4 Å². The van der Waals surface area contributed by atoms with E-state index in [1.807, 2.05) is 53.4 Å². The van der Waals surface area contributed by atoms with Crippen LogP contribution in [-0.2, 0) is 16.1 Å². The smallest absolute Gasteiger partial charge is 0.225 e. The molecular weight excluding hydrogens is 374 g/mol. The standard InChI is InChI=1S/C22H26ClN3O2/c1-17(27)24-21(19-7-3-2-4-8-19)15-22(28)26-12-10-25(11-13-26)16-18-6-5-9-20(23)14-18/h2-9,14,21H,10-13,15-16H2,1H3,(H,24,27)/t21-/m1/s1. The lowest BCUT2D eigenvalue weighted by Crippen LogP contribution is -2.49. The number of amides is 2. The van der Waals surface area contributed by atoms with Crippen molar-refractivity contribution in [2.24, 2.45) is 0 Å². The van der Waals surface area contributed by atoms with Gasteiger partial charge in [0.15, 0.2) is 0 Å². The lowest BCUT2D eigenvalue weighted by molar-refractivity contribution is -0.133. The number of nitrogens with zero attached hydrogens (tertiary/aromatic N) is 2. The zero-order chi connectivity index (χ0) is 19.9. The van der Waals surface area contributed by atoms with Crippen molar-refractivity contribution in [1.29, 1.82) is 0 Å². The van der Waals surface area contributed by atoms with E-state index < -0.39 is 0 Å². The van der Waals surface area contributed by atoms with Crippen LogP contribution in [0.3, 0.4) is 0 Å². The second kappa shape index (κ2) is 9.71. The molecule has 1 aliphatic rings. The van der Waals surface area contributed by atoms with Gasteiger partial charge in [-0.15, -0.1) is 0 Å². The highest BCUT2D eigenvalue weighted by Crippen LogP contribution is 2.19. The van der Waals surface area contributed by atoms with E-state index in [0.717, 1.165) is 30.2 Å². The first kappa shape index (κ1) is 20.4. The van der Waals surface area contributed by atoms with Gasteiger partial charge in [-0.2, -0.15) is 0 Å². The second-order valence-corrected chi connectivity index (χ2v) is 7.59. The SMILES string of the molecule is CC(=O)N[C@H](CC(=O)N1CCN(Cc2cccc(Cl)c2)CC1)c1ccccc1. The van der Waals surface area contributed by atoms with Gasteiger partial charge in [-0.1, -0.05) is 54.1 Å². The van der Waals surface area contributed by atoms with E-state index in [1.165, 1.54) is 12.5 Å². The summed E-state index contributed by atoms with van der Waals surface area (Å²) in [6.45, 7) is 5.36. The fourth-order valence-corrected chi connectivity index (χ4v) is 3.75. The average molecular weight is 400 g/mol. The summed E-state index contributed by atoms with van der Waals surface area (Å²) in [5.74, 6) is -0.0574. The lowest BCUT2D eigenvalue weighted by atomic mass is 10.0. The topological polar surface area (TPSA) is 52.7 Å². The summed E-state index contributed by atoms with van der Waals surface area (Å²) in [7, 11) is 0. The van der Waals surface area contributed by atoms with Crippen LogP contribution < -0.4 is 5.32 Å². The van der Waals surface area contributed by atoms with E-state index in [2.05, 4.69) is 16.3 Å². The normalized spacial score (nSPS) is 15.9. The van der Waals surface area contributed by atoms with E-state index >= 15 is 0 Å². The van der Waals surface area contributed by atoms with Gasteiger partial charge in [0.2, 0.25) is 11.8 Å². The predicted octanol–water partition coefficient (Wildman–Crippen LogP) is 3.25. The van der Waals surface area contributed by atoms with Crippen molar-refractivity contribution in [1.82, 2.24) is 15.1 Å². The third-order valence-electron chi connectivity index (χ3n) is 4.98. The first-order valence-electron chi connectivity index (χ1n) is 9.58. The molecule has 0 radical (unpaired) electrons. The zero-order valence-corrected chi connectivity index (χ0v) is 16.9. The second-order valence-electron chi connectivity index (χ2n) is 7.15. The molecule has 0 spiro atoms. The highest BCUT2D eigenvalue weighted by Gasteiger charge is 2.24. The summed E-state index contributed by atoms with van der Waals surface area (Å²) >= 11 is 6.06. The van der Waals surface area contributed by atoms with Gasteiger partial charge in [0.05, 0.1) is 12.5 Å². The van der Waals surface area contributed by atoms with E-state index in [-0.39, 0.29) is 24.3 Å². The summed E-state index contributed by atoms with van der Waals surface area (Å²) in [6.07, 6.45) is 0.276. The number of rotatable bonds is 6. The lowest BCUT2D eigenvalue weighted by Gasteiger charge is -2.35. The van der Waals surface area contributed by atoms with Crippen molar-refractivity contribution in [3.8, 4) is 0 Å². The van der Waals surface area contributed by atoms with Crippen LogP contribution in [0.25, 0.3) is 0 Å². The zero-order valence-electron chi connectivity index (χ0n) is 16.1. The molecule has 1 heterocycles. The van der Waals surface area contributed by atoms with Crippen molar-refractivity contribution < 1.29 is 9.59 Å². The first-order chi connectivity index (χ1) is 13.5. The van der Waals surface area contributed by atoms with Crippen LogP contribution in [0.15, 0.2) is 54.6 Å². The maximum absolute atomic E-state index is 12.8. The molecule has 1 N–H and O–H groups in total. The molecule has 148 valence electrons. The Morgan fingerprint density at radius 3 is 2.39 bits per heavy atom. The molecule has 0 saturated carbocycles. The van der Waals surface area contributed by atoms with Crippen LogP contribution in [-0.4, -0.2) is 47.8 Å². The largest absolute Gasteiger partial charge is 0.349 e. The Kier molecular flexibility index (Phi) is 7.06. The van der Waals surface area contributed by atoms with Crippen LogP contribution >= 0.6 is 11.6 Å². The molecule has 1 fully saturated rings. The highest BCUT2D eigenvalue weighted by atomic mass is 35.5. The fraction of sp³-hybridized carbons (Fsp3) is 0.364. The van der Waals surface area contributed by atoms with E-state index in [4.69, 9.17) is 11.6 Å². The van der Waals surface area contributed by atoms with Crippen molar-refractivity contribution in [2.75, 3.05) is 26.2 Å². The number of hydrogen-bond acceptors (Lipinski definition) is 3. The molecule has 6 heteroatoms. The predicted molar refractivity (Wildman–Crippen MR) is 111 cm³/mol. The molecule has 2 amide bonds. The minimum atomic E-state index is -0.296. The molecule has 0 aromatic heterocycles. The Morgan fingerprint density at radius 2 is 1.75 bits per heavy atom.